The van der Waals surface area contributed by atoms with Crippen LogP contribution in [0.25, 0.3) is 0 Å². The molecule has 94 valence electrons. The van der Waals surface area contributed by atoms with Crippen LogP contribution in [0, 0.1) is 0 Å². The highest BCUT2D eigenvalue weighted by Gasteiger charge is 2.31. The summed E-state index contributed by atoms with van der Waals surface area (Å²) < 4.78 is 25.7. The molecule has 0 saturated carbocycles. The lowest BCUT2D eigenvalue weighted by molar-refractivity contribution is -0.136. The van der Waals surface area contributed by atoms with Gasteiger partial charge in [0.05, 0.1) is 0 Å². The number of piperidine rings is 1. The lowest BCUT2D eigenvalue weighted by Gasteiger charge is -2.30. The van der Waals surface area contributed by atoms with E-state index in [1.54, 1.807) is 0 Å². The predicted molar refractivity (Wildman–Crippen MR) is 59.7 cm³/mol. The van der Waals surface area contributed by atoms with Crippen molar-refractivity contribution in [3.05, 3.63) is 0 Å². The number of rotatable bonds is 4. The number of carboxylic acids is 1. The highest BCUT2D eigenvalue weighted by molar-refractivity contribution is 7.90. The Balaban J connectivity index is 2.62. The number of likely N-dealkylation sites (tertiary alicyclic amines) is 1. The van der Waals surface area contributed by atoms with Crippen molar-refractivity contribution in [3.8, 4) is 0 Å². The first-order chi connectivity index (χ1) is 7.33. The average Bonchev–Trinajstić information content (AvgIpc) is 2.15. The number of aliphatic carboxylic acids is 1. The van der Waals surface area contributed by atoms with Gasteiger partial charge in [0.25, 0.3) is 0 Å². The summed E-state index contributed by atoms with van der Waals surface area (Å²) in [5, 5.41) is 7.27. The van der Waals surface area contributed by atoms with Crippen LogP contribution in [0.5, 0.6) is 0 Å². The minimum atomic E-state index is -3.76. The first-order valence-corrected chi connectivity index (χ1v) is 6.80. The zero-order chi connectivity index (χ0) is 12.3. The molecule has 6 nitrogen and oxygen atoms in total. The molecule has 1 heterocycles. The number of nitrogens with zero attached hydrogens (tertiary/aromatic N) is 1. The summed E-state index contributed by atoms with van der Waals surface area (Å²) >= 11 is 0. The van der Waals surface area contributed by atoms with E-state index in [9.17, 15) is 13.2 Å². The normalized spacial score (nSPS) is 25.2. The second-order valence-corrected chi connectivity index (χ2v) is 6.28. The zero-order valence-corrected chi connectivity index (χ0v) is 10.3. The van der Waals surface area contributed by atoms with Crippen LogP contribution in [-0.2, 0) is 14.8 Å². The molecule has 0 aromatic carbocycles. The maximum atomic E-state index is 11.6. The number of hydrogen-bond acceptors (Lipinski definition) is 4. The molecule has 0 radical (unpaired) electrons. The van der Waals surface area contributed by atoms with Crippen molar-refractivity contribution in [2.24, 2.45) is 0 Å². The minimum Gasteiger partial charge on any atom is -0.480 e. The molecule has 0 amide bonds. The Labute approximate surface area is 95.7 Å². The molecule has 1 aliphatic rings. The Hall–Kier alpha value is -0.660. The lowest BCUT2D eigenvalue weighted by Crippen LogP contribution is -2.49. The summed E-state index contributed by atoms with van der Waals surface area (Å²) in [5.41, 5.74) is 0. The van der Waals surface area contributed by atoms with Gasteiger partial charge in [-0.3, -0.25) is 4.79 Å². The van der Waals surface area contributed by atoms with Crippen molar-refractivity contribution in [3.63, 3.8) is 0 Å². The third kappa shape index (κ3) is 3.43. The molecule has 0 aromatic rings. The molecule has 1 aliphatic heterocycles. The fourth-order valence-electron chi connectivity index (χ4n) is 1.73. The highest BCUT2D eigenvalue weighted by atomic mass is 32.2. The van der Waals surface area contributed by atoms with Gasteiger partial charge >= 0.3 is 5.97 Å². The molecular weight excluding hydrogens is 232 g/mol. The van der Waals surface area contributed by atoms with E-state index in [1.807, 2.05) is 11.9 Å². The topological polar surface area (TPSA) is 86.7 Å². The van der Waals surface area contributed by atoms with Gasteiger partial charge in [-0.2, -0.15) is 0 Å². The van der Waals surface area contributed by atoms with Crippen LogP contribution in [0.15, 0.2) is 0 Å². The third-order valence-electron chi connectivity index (χ3n) is 2.77. The Morgan fingerprint density at radius 1 is 1.56 bits per heavy atom. The second-order valence-electron chi connectivity index (χ2n) is 4.24. The van der Waals surface area contributed by atoms with Crippen molar-refractivity contribution < 1.29 is 18.3 Å². The molecule has 1 rings (SSSR count). The van der Waals surface area contributed by atoms with Crippen LogP contribution in [-0.4, -0.2) is 55.8 Å². The smallest absolute Gasteiger partial charge is 0.323 e. The van der Waals surface area contributed by atoms with E-state index in [4.69, 9.17) is 5.11 Å². The van der Waals surface area contributed by atoms with Crippen LogP contribution in [0.4, 0.5) is 0 Å². The van der Waals surface area contributed by atoms with Crippen molar-refractivity contribution >= 4 is 16.0 Å². The van der Waals surface area contributed by atoms with Crippen molar-refractivity contribution in [2.75, 3.05) is 20.1 Å². The molecule has 0 spiro atoms. The molecule has 0 bridgehead atoms. The van der Waals surface area contributed by atoms with Crippen molar-refractivity contribution in [2.45, 2.75) is 31.1 Å². The van der Waals surface area contributed by atoms with Gasteiger partial charge in [-0.05, 0) is 33.4 Å². The van der Waals surface area contributed by atoms with E-state index in [-0.39, 0.29) is 6.04 Å². The molecule has 7 heteroatoms. The number of nitrogens with one attached hydrogen (secondary N) is 1. The average molecular weight is 250 g/mol. The Morgan fingerprint density at radius 2 is 2.19 bits per heavy atom. The molecule has 2 N–H and O–H groups in total. The Bertz CT molecular complexity index is 355. The van der Waals surface area contributed by atoms with E-state index in [2.05, 4.69) is 4.72 Å². The van der Waals surface area contributed by atoms with Gasteiger partial charge in [0, 0.05) is 12.6 Å². The summed E-state index contributed by atoms with van der Waals surface area (Å²) in [6.45, 7) is 2.76. The van der Waals surface area contributed by atoms with Crippen LogP contribution < -0.4 is 4.72 Å². The van der Waals surface area contributed by atoms with E-state index >= 15 is 0 Å². The summed E-state index contributed by atoms with van der Waals surface area (Å²) in [5.74, 6) is -1.32. The molecular formula is C9H18N2O4S. The molecule has 0 aromatic heterocycles. The minimum absolute atomic E-state index is 0.175. The maximum absolute atomic E-state index is 11.6. The van der Waals surface area contributed by atoms with E-state index in [0.29, 0.717) is 6.54 Å². The summed E-state index contributed by atoms with van der Waals surface area (Å²) in [4.78, 5) is 12.7. The van der Waals surface area contributed by atoms with Crippen LogP contribution in [0.2, 0.25) is 0 Å². The van der Waals surface area contributed by atoms with Gasteiger partial charge in [-0.1, -0.05) is 0 Å². The Kier molecular flexibility index (Phi) is 4.28. The fraction of sp³-hybridized carbons (Fsp3) is 0.889. The Morgan fingerprint density at radius 3 is 2.69 bits per heavy atom. The van der Waals surface area contributed by atoms with Gasteiger partial charge < -0.3 is 10.0 Å². The van der Waals surface area contributed by atoms with Crippen LogP contribution in [0.1, 0.15) is 19.8 Å². The molecule has 1 fully saturated rings. The number of carboxylic acid groups (broad SMARTS) is 1. The van der Waals surface area contributed by atoms with E-state index < -0.39 is 21.2 Å². The van der Waals surface area contributed by atoms with Gasteiger partial charge in [-0.25, -0.2) is 13.1 Å². The maximum Gasteiger partial charge on any atom is 0.323 e. The number of likely N-dealkylation sites (N-methyl/N-ethyl adjacent to an activating group) is 1. The standard InChI is InChI=1S/C9H18N2O4S/c1-7(9(12)13)16(14,15)10-8-4-3-5-11(2)6-8/h7-8,10H,3-6H2,1-2H3,(H,12,13). The van der Waals surface area contributed by atoms with Crippen LogP contribution >= 0.6 is 0 Å². The predicted octanol–water partition coefficient (Wildman–Crippen LogP) is -0.527. The largest absolute Gasteiger partial charge is 0.480 e. The molecule has 1 saturated heterocycles. The van der Waals surface area contributed by atoms with Gasteiger partial charge in [0.1, 0.15) is 0 Å². The quantitative estimate of drug-likeness (QED) is 0.700. The monoisotopic (exact) mass is 250 g/mol. The van der Waals surface area contributed by atoms with Crippen LogP contribution in [0.3, 0.4) is 0 Å². The molecule has 2 atom stereocenters. The van der Waals surface area contributed by atoms with Crippen molar-refractivity contribution in [1.29, 1.82) is 0 Å². The molecule has 0 aliphatic carbocycles. The third-order valence-corrected chi connectivity index (χ3v) is 4.56. The fourth-order valence-corrected chi connectivity index (χ4v) is 2.86. The lowest BCUT2D eigenvalue weighted by atomic mass is 10.1. The molecule has 2 unspecified atom stereocenters. The second kappa shape index (κ2) is 5.11. The number of hydrogen-bond donors (Lipinski definition) is 2. The zero-order valence-electron chi connectivity index (χ0n) is 9.51. The van der Waals surface area contributed by atoms with Gasteiger partial charge in [0.15, 0.2) is 5.25 Å². The number of sulfonamides is 1. The molecule has 16 heavy (non-hydrogen) atoms. The number of carbonyl (C=O) groups is 1. The first-order valence-electron chi connectivity index (χ1n) is 5.25. The summed E-state index contributed by atoms with van der Waals surface area (Å²) in [7, 11) is -1.84. The van der Waals surface area contributed by atoms with Crippen molar-refractivity contribution in [1.82, 2.24) is 9.62 Å². The first kappa shape index (κ1) is 13.4. The van der Waals surface area contributed by atoms with Gasteiger partial charge in [0.2, 0.25) is 10.0 Å². The summed E-state index contributed by atoms with van der Waals surface area (Å²) in [6.07, 6.45) is 1.68. The SMILES string of the molecule is CC(C(=O)O)S(=O)(=O)NC1CCCN(C)C1. The van der Waals surface area contributed by atoms with E-state index in [0.717, 1.165) is 19.4 Å². The van der Waals surface area contributed by atoms with E-state index in [1.165, 1.54) is 6.92 Å². The highest BCUT2D eigenvalue weighted by Crippen LogP contribution is 2.10. The van der Waals surface area contributed by atoms with Gasteiger partial charge in [-0.15, -0.1) is 0 Å². The summed E-state index contributed by atoms with van der Waals surface area (Å²) in [6, 6.07) is -0.175.